The number of ether oxygens (including phenoxy) is 1. The van der Waals surface area contributed by atoms with Gasteiger partial charge in [0.2, 0.25) is 5.91 Å². The Morgan fingerprint density at radius 1 is 1.24 bits per heavy atom. The van der Waals surface area contributed by atoms with E-state index in [1.54, 1.807) is 0 Å². The molecule has 0 aliphatic carbocycles. The molecule has 0 spiro atoms. The minimum atomic E-state index is 0.128. The molecule has 2 unspecified atom stereocenters. The highest BCUT2D eigenvalue weighted by molar-refractivity contribution is 5.82. The van der Waals surface area contributed by atoms with Gasteiger partial charge < -0.3 is 15.0 Å². The zero-order chi connectivity index (χ0) is 14.7. The van der Waals surface area contributed by atoms with Crippen molar-refractivity contribution in [1.29, 1.82) is 0 Å². The number of amides is 1. The quantitative estimate of drug-likeness (QED) is 0.838. The number of hydrogen-bond acceptors (Lipinski definition) is 4. The Hall–Kier alpha value is -0.650. The fourth-order valence-corrected chi connectivity index (χ4v) is 4.01. The summed E-state index contributed by atoms with van der Waals surface area (Å²) in [5.41, 5.74) is 0. The number of likely N-dealkylation sites (tertiary alicyclic amines) is 1. The average Bonchev–Trinajstić information content (AvgIpc) is 3.04. The van der Waals surface area contributed by atoms with Crippen LogP contribution in [0.3, 0.4) is 0 Å². The van der Waals surface area contributed by atoms with Crippen LogP contribution >= 0.6 is 0 Å². The lowest BCUT2D eigenvalue weighted by atomic mass is 10.0. The van der Waals surface area contributed by atoms with Crippen molar-refractivity contribution in [3.8, 4) is 0 Å². The number of rotatable bonds is 3. The molecule has 2 atom stereocenters. The van der Waals surface area contributed by atoms with Gasteiger partial charge in [0.1, 0.15) is 0 Å². The highest BCUT2D eigenvalue weighted by Gasteiger charge is 2.38. The number of piperidine rings is 1. The van der Waals surface area contributed by atoms with Crippen LogP contribution < -0.4 is 5.32 Å². The minimum absolute atomic E-state index is 0.128. The highest BCUT2D eigenvalue weighted by atomic mass is 16.5. The highest BCUT2D eigenvalue weighted by Crippen LogP contribution is 2.26. The number of morpholine rings is 1. The van der Waals surface area contributed by atoms with E-state index < -0.39 is 0 Å². The van der Waals surface area contributed by atoms with Crippen LogP contribution in [0.25, 0.3) is 0 Å². The van der Waals surface area contributed by atoms with E-state index in [-0.39, 0.29) is 12.1 Å². The average molecular weight is 295 g/mol. The molecule has 1 amide bonds. The largest absolute Gasteiger partial charge is 0.375 e. The van der Waals surface area contributed by atoms with E-state index in [4.69, 9.17) is 4.74 Å². The second-order valence-electron chi connectivity index (χ2n) is 6.56. The SMILES string of the molecule is CCC1CN(C(=O)C2CCCN2C2CCNCC2)CCO1. The second-order valence-corrected chi connectivity index (χ2v) is 6.56. The predicted molar refractivity (Wildman–Crippen MR) is 82.2 cm³/mol. The molecule has 0 aromatic carbocycles. The lowest BCUT2D eigenvalue weighted by Gasteiger charge is -2.39. The molecule has 5 heteroatoms. The molecule has 3 aliphatic heterocycles. The first-order chi connectivity index (χ1) is 10.3. The van der Waals surface area contributed by atoms with Crippen molar-refractivity contribution in [2.75, 3.05) is 39.3 Å². The maximum absolute atomic E-state index is 12.9. The van der Waals surface area contributed by atoms with E-state index in [1.165, 1.54) is 19.3 Å². The molecule has 3 rings (SSSR count). The first-order valence-corrected chi connectivity index (χ1v) is 8.66. The molecule has 0 saturated carbocycles. The van der Waals surface area contributed by atoms with Gasteiger partial charge in [-0.1, -0.05) is 6.92 Å². The molecule has 0 bridgehead atoms. The molecule has 21 heavy (non-hydrogen) atoms. The summed E-state index contributed by atoms with van der Waals surface area (Å²) in [5.74, 6) is 0.354. The van der Waals surface area contributed by atoms with Gasteiger partial charge in [-0.25, -0.2) is 0 Å². The summed E-state index contributed by atoms with van der Waals surface area (Å²) < 4.78 is 5.70. The van der Waals surface area contributed by atoms with Crippen LogP contribution in [0.5, 0.6) is 0 Å². The number of hydrogen-bond donors (Lipinski definition) is 1. The topological polar surface area (TPSA) is 44.8 Å². The lowest BCUT2D eigenvalue weighted by Crippen LogP contribution is -2.55. The smallest absolute Gasteiger partial charge is 0.240 e. The van der Waals surface area contributed by atoms with E-state index in [0.717, 1.165) is 45.6 Å². The van der Waals surface area contributed by atoms with Crippen molar-refractivity contribution in [2.24, 2.45) is 0 Å². The normalized spacial score (nSPS) is 32.5. The predicted octanol–water partition coefficient (Wildman–Crippen LogP) is 0.840. The van der Waals surface area contributed by atoms with Gasteiger partial charge in [0.05, 0.1) is 18.8 Å². The Labute approximate surface area is 128 Å². The summed E-state index contributed by atoms with van der Waals surface area (Å²) in [5, 5.41) is 3.42. The fraction of sp³-hybridized carbons (Fsp3) is 0.938. The van der Waals surface area contributed by atoms with Gasteiger partial charge >= 0.3 is 0 Å². The summed E-state index contributed by atoms with van der Waals surface area (Å²) in [6.45, 7) is 7.68. The summed E-state index contributed by atoms with van der Waals surface area (Å²) in [7, 11) is 0. The van der Waals surface area contributed by atoms with Crippen molar-refractivity contribution in [3.05, 3.63) is 0 Å². The molecular weight excluding hydrogens is 266 g/mol. The van der Waals surface area contributed by atoms with Crippen molar-refractivity contribution in [1.82, 2.24) is 15.1 Å². The van der Waals surface area contributed by atoms with Crippen LogP contribution in [0, 0.1) is 0 Å². The van der Waals surface area contributed by atoms with Crippen molar-refractivity contribution in [3.63, 3.8) is 0 Å². The van der Waals surface area contributed by atoms with Crippen molar-refractivity contribution >= 4 is 5.91 Å². The Balaban J connectivity index is 1.62. The molecular formula is C16H29N3O2. The van der Waals surface area contributed by atoms with E-state index in [2.05, 4.69) is 22.0 Å². The third kappa shape index (κ3) is 3.41. The molecule has 1 N–H and O–H groups in total. The van der Waals surface area contributed by atoms with Crippen LogP contribution in [-0.4, -0.2) is 73.2 Å². The third-order valence-electron chi connectivity index (χ3n) is 5.26. The monoisotopic (exact) mass is 295 g/mol. The van der Waals surface area contributed by atoms with Crippen LogP contribution in [-0.2, 0) is 9.53 Å². The Kier molecular flexibility index (Phi) is 5.14. The van der Waals surface area contributed by atoms with Gasteiger partial charge in [-0.05, 0) is 51.7 Å². The van der Waals surface area contributed by atoms with E-state index in [0.29, 0.717) is 18.6 Å². The van der Waals surface area contributed by atoms with E-state index >= 15 is 0 Å². The van der Waals surface area contributed by atoms with Crippen LogP contribution in [0.4, 0.5) is 0 Å². The first kappa shape index (κ1) is 15.3. The van der Waals surface area contributed by atoms with Crippen molar-refractivity contribution < 1.29 is 9.53 Å². The van der Waals surface area contributed by atoms with Crippen LogP contribution in [0.1, 0.15) is 39.0 Å². The third-order valence-corrected chi connectivity index (χ3v) is 5.26. The lowest BCUT2D eigenvalue weighted by molar-refractivity contribution is -0.144. The zero-order valence-electron chi connectivity index (χ0n) is 13.2. The molecule has 5 nitrogen and oxygen atoms in total. The number of nitrogens with one attached hydrogen (secondary N) is 1. The van der Waals surface area contributed by atoms with Crippen LogP contribution in [0.15, 0.2) is 0 Å². The van der Waals surface area contributed by atoms with Gasteiger partial charge in [-0.3, -0.25) is 9.69 Å². The van der Waals surface area contributed by atoms with Crippen molar-refractivity contribution in [2.45, 2.75) is 57.2 Å². The van der Waals surface area contributed by atoms with Gasteiger partial charge in [0, 0.05) is 19.1 Å². The van der Waals surface area contributed by atoms with Crippen LogP contribution in [0.2, 0.25) is 0 Å². The number of carbonyl (C=O) groups excluding carboxylic acids is 1. The van der Waals surface area contributed by atoms with Gasteiger partial charge in [-0.2, -0.15) is 0 Å². The van der Waals surface area contributed by atoms with Gasteiger partial charge in [-0.15, -0.1) is 0 Å². The molecule has 0 aromatic heterocycles. The molecule has 3 heterocycles. The fourth-order valence-electron chi connectivity index (χ4n) is 4.01. The summed E-state index contributed by atoms with van der Waals surface area (Å²) >= 11 is 0. The van der Waals surface area contributed by atoms with Gasteiger partial charge in [0.25, 0.3) is 0 Å². The molecule has 0 radical (unpaired) electrons. The summed E-state index contributed by atoms with van der Waals surface area (Å²) in [4.78, 5) is 17.5. The maximum Gasteiger partial charge on any atom is 0.240 e. The first-order valence-electron chi connectivity index (χ1n) is 8.66. The summed E-state index contributed by atoms with van der Waals surface area (Å²) in [6, 6.07) is 0.731. The molecule has 3 fully saturated rings. The second kappa shape index (κ2) is 7.07. The minimum Gasteiger partial charge on any atom is -0.375 e. The van der Waals surface area contributed by atoms with E-state index in [9.17, 15) is 4.79 Å². The molecule has 120 valence electrons. The Morgan fingerprint density at radius 3 is 2.81 bits per heavy atom. The van der Waals surface area contributed by atoms with E-state index in [1.807, 2.05) is 0 Å². The number of nitrogens with zero attached hydrogens (tertiary/aromatic N) is 2. The standard InChI is InChI=1S/C16H29N3O2/c1-2-14-12-18(10-11-21-14)16(20)15-4-3-9-19(15)13-5-7-17-8-6-13/h13-15,17H,2-12H2,1H3. The molecule has 0 aromatic rings. The van der Waals surface area contributed by atoms with Gasteiger partial charge in [0.15, 0.2) is 0 Å². The Bertz CT molecular complexity index is 357. The maximum atomic E-state index is 12.9. The summed E-state index contributed by atoms with van der Waals surface area (Å²) in [6.07, 6.45) is 5.80. The number of carbonyl (C=O) groups is 1. The molecule has 3 saturated heterocycles. The molecule has 3 aliphatic rings. The zero-order valence-corrected chi connectivity index (χ0v) is 13.2. The Morgan fingerprint density at radius 2 is 2.05 bits per heavy atom.